The molecule has 0 aliphatic heterocycles. The van der Waals surface area contributed by atoms with Crippen LogP contribution < -0.4 is 5.32 Å². The molecule has 0 radical (unpaired) electrons. The first-order valence-electron chi connectivity index (χ1n) is 4.85. The summed E-state index contributed by atoms with van der Waals surface area (Å²) in [5.74, 6) is -0.859. The highest BCUT2D eigenvalue weighted by atomic mass is 35.5. The summed E-state index contributed by atoms with van der Waals surface area (Å²) in [5.41, 5.74) is 0.00908. The van der Waals surface area contributed by atoms with Crippen molar-refractivity contribution in [3.05, 3.63) is 22.8 Å². The van der Waals surface area contributed by atoms with Crippen molar-refractivity contribution < 1.29 is 14.3 Å². The van der Waals surface area contributed by atoms with Crippen molar-refractivity contribution in [2.24, 2.45) is 0 Å². The lowest BCUT2D eigenvalue weighted by atomic mass is 9.91. The summed E-state index contributed by atoms with van der Waals surface area (Å²) in [7, 11) is 0. The largest absolute Gasteiger partial charge is 0.478 e. The van der Waals surface area contributed by atoms with Gasteiger partial charge in [-0.1, -0.05) is 11.6 Å². The molecule has 1 aromatic heterocycles. The van der Waals surface area contributed by atoms with Crippen molar-refractivity contribution in [2.75, 3.05) is 5.32 Å². The molecule has 0 bridgehead atoms. The summed E-state index contributed by atoms with van der Waals surface area (Å²) in [6.07, 6.45) is 1.35. The second-order valence-corrected chi connectivity index (χ2v) is 4.20. The number of halogens is 2. The van der Waals surface area contributed by atoms with Gasteiger partial charge in [-0.25, -0.2) is 14.2 Å². The number of carbonyl (C=O) groups is 1. The average Bonchev–Trinajstić information content (AvgIpc) is 2.17. The van der Waals surface area contributed by atoms with Gasteiger partial charge in [-0.2, -0.15) is 0 Å². The quantitative estimate of drug-likeness (QED) is 0.857. The number of aromatic nitrogens is 1. The molecule has 2 rings (SSSR count). The molecule has 0 amide bonds. The van der Waals surface area contributed by atoms with E-state index in [2.05, 4.69) is 10.3 Å². The van der Waals surface area contributed by atoms with Gasteiger partial charge in [0.05, 0.1) is 5.02 Å². The number of nitrogens with zero attached hydrogens (tertiary/aromatic N) is 1. The predicted octanol–water partition coefficient (Wildman–Crippen LogP) is 2.35. The van der Waals surface area contributed by atoms with Crippen molar-refractivity contribution >= 4 is 23.4 Å². The van der Waals surface area contributed by atoms with Crippen molar-refractivity contribution in [3.63, 3.8) is 0 Å². The number of nitrogens with one attached hydrogen (secondary N) is 1. The van der Waals surface area contributed by atoms with E-state index in [0.717, 1.165) is 0 Å². The molecule has 1 saturated carbocycles. The Morgan fingerprint density at radius 1 is 1.62 bits per heavy atom. The number of pyridine rings is 1. The highest BCUT2D eigenvalue weighted by molar-refractivity contribution is 6.30. The van der Waals surface area contributed by atoms with Gasteiger partial charge < -0.3 is 10.4 Å². The second-order valence-electron chi connectivity index (χ2n) is 3.76. The molecule has 16 heavy (non-hydrogen) atoms. The van der Waals surface area contributed by atoms with E-state index < -0.39 is 12.1 Å². The van der Waals surface area contributed by atoms with E-state index >= 15 is 0 Å². The van der Waals surface area contributed by atoms with Gasteiger partial charge in [-0.3, -0.25) is 0 Å². The fourth-order valence-electron chi connectivity index (χ4n) is 1.58. The molecule has 0 spiro atoms. The molecule has 6 heteroatoms. The van der Waals surface area contributed by atoms with Gasteiger partial charge in [-0.05, 0) is 18.9 Å². The van der Waals surface area contributed by atoms with Gasteiger partial charge in [0.1, 0.15) is 17.6 Å². The van der Waals surface area contributed by atoms with Gasteiger partial charge in [0, 0.05) is 12.2 Å². The Balaban J connectivity index is 2.16. The summed E-state index contributed by atoms with van der Waals surface area (Å²) in [6.45, 7) is 0. The van der Waals surface area contributed by atoms with Crippen LogP contribution in [-0.2, 0) is 0 Å². The lowest BCUT2D eigenvalue weighted by Gasteiger charge is -2.31. The minimum Gasteiger partial charge on any atom is -0.478 e. The van der Waals surface area contributed by atoms with Crippen LogP contribution in [0.15, 0.2) is 12.3 Å². The molecule has 1 aliphatic carbocycles. The molecule has 1 aromatic rings. The molecule has 1 aliphatic rings. The van der Waals surface area contributed by atoms with E-state index in [1.54, 1.807) is 0 Å². The zero-order valence-electron chi connectivity index (χ0n) is 8.28. The normalized spacial score (nSPS) is 23.6. The van der Waals surface area contributed by atoms with E-state index in [1.165, 1.54) is 12.3 Å². The number of carboxylic acid groups (broad SMARTS) is 1. The van der Waals surface area contributed by atoms with E-state index in [-0.39, 0.29) is 22.4 Å². The van der Waals surface area contributed by atoms with Crippen LogP contribution in [0.3, 0.4) is 0 Å². The average molecular weight is 245 g/mol. The van der Waals surface area contributed by atoms with Crippen LogP contribution in [0.5, 0.6) is 0 Å². The van der Waals surface area contributed by atoms with Gasteiger partial charge in [-0.15, -0.1) is 0 Å². The molecule has 0 unspecified atom stereocenters. The maximum absolute atomic E-state index is 12.6. The molecule has 4 nitrogen and oxygen atoms in total. The molecular weight excluding hydrogens is 235 g/mol. The van der Waals surface area contributed by atoms with Gasteiger partial charge in [0.25, 0.3) is 0 Å². The number of hydrogen-bond acceptors (Lipinski definition) is 3. The first kappa shape index (κ1) is 11.1. The van der Waals surface area contributed by atoms with Crippen molar-refractivity contribution in [3.8, 4) is 0 Å². The van der Waals surface area contributed by atoms with Crippen LogP contribution in [-0.4, -0.2) is 28.3 Å². The number of anilines is 1. The van der Waals surface area contributed by atoms with E-state index in [9.17, 15) is 9.18 Å². The SMILES string of the molecule is O=C(O)c1cc(Cl)cnc1N[C@H]1C[C@H](F)C1. The summed E-state index contributed by atoms with van der Waals surface area (Å²) in [5, 5.41) is 12.1. The molecule has 0 saturated heterocycles. The molecule has 1 heterocycles. The number of rotatable bonds is 3. The predicted molar refractivity (Wildman–Crippen MR) is 57.7 cm³/mol. The zero-order chi connectivity index (χ0) is 11.7. The molecule has 0 aromatic carbocycles. The number of hydrogen-bond donors (Lipinski definition) is 2. The van der Waals surface area contributed by atoms with Crippen LogP contribution in [0.1, 0.15) is 23.2 Å². The second kappa shape index (κ2) is 4.25. The van der Waals surface area contributed by atoms with Gasteiger partial charge >= 0.3 is 5.97 Å². The maximum Gasteiger partial charge on any atom is 0.339 e. The van der Waals surface area contributed by atoms with Crippen LogP contribution in [0, 0.1) is 0 Å². The molecule has 1 fully saturated rings. The summed E-state index contributed by atoms with van der Waals surface area (Å²) >= 11 is 5.65. The summed E-state index contributed by atoms with van der Waals surface area (Å²) in [6, 6.07) is 1.28. The Morgan fingerprint density at radius 2 is 2.31 bits per heavy atom. The Bertz CT molecular complexity index is 421. The third kappa shape index (κ3) is 2.24. The van der Waals surface area contributed by atoms with Crippen molar-refractivity contribution in [2.45, 2.75) is 25.1 Å². The Hall–Kier alpha value is -1.36. The van der Waals surface area contributed by atoms with E-state index in [4.69, 9.17) is 16.7 Å². The Morgan fingerprint density at radius 3 is 2.88 bits per heavy atom. The first-order chi connectivity index (χ1) is 7.56. The molecule has 0 atom stereocenters. The van der Waals surface area contributed by atoms with Crippen LogP contribution in [0.2, 0.25) is 5.02 Å². The van der Waals surface area contributed by atoms with Gasteiger partial charge in [0.2, 0.25) is 0 Å². The lowest BCUT2D eigenvalue weighted by Crippen LogP contribution is -2.37. The number of alkyl halides is 1. The smallest absolute Gasteiger partial charge is 0.339 e. The van der Waals surface area contributed by atoms with Crippen LogP contribution >= 0.6 is 11.6 Å². The van der Waals surface area contributed by atoms with Crippen molar-refractivity contribution in [1.82, 2.24) is 4.98 Å². The van der Waals surface area contributed by atoms with E-state index in [0.29, 0.717) is 12.8 Å². The third-order valence-corrected chi connectivity index (χ3v) is 2.71. The molecular formula is C10H10ClFN2O2. The Labute approximate surface area is 96.4 Å². The zero-order valence-corrected chi connectivity index (χ0v) is 9.04. The minimum absolute atomic E-state index is 0.00908. The topological polar surface area (TPSA) is 62.2 Å². The highest BCUT2D eigenvalue weighted by Crippen LogP contribution is 2.27. The highest BCUT2D eigenvalue weighted by Gasteiger charge is 2.30. The summed E-state index contributed by atoms with van der Waals surface area (Å²) < 4.78 is 12.6. The Kier molecular flexibility index (Phi) is 2.96. The third-order valence-electron chi connectivity index (χ3n) is 2.51. The minimum atomic E-state index is -1.10. The number of aromatic carboxylic acids is 1. The monoisotopic (exact) mass is 244 g/mol. The van der Waals surface area contributed by atoms with Crippen LogP contribution in [0.25, 0.3) is 0 Å². The standard InChI is InChI=1S/C10H10ClFN2O2/c11-5-1-8(10(15)16)9(13-4-5)14-7-2-6(12)3-7/h1,4,6-7H,2-3H2,(H,13,14)(H,15,16)/t6-,7-. The first-order valence-corrected chi connectivity index (χ1v) is 5.23. The van der Waals surface area contributed by atoms with Gasteiger partial charge in [0.15, 0.2) is 0 Å². The maximum atomic E-state index is 12.6. The van der Waals surface area contributed by atoms with E-state index in [1.807, 2.05) is 0 Å². The molecule has 86 valence electrons. The fourth-order valence-corrected chi connectivity index (χ4v) is 1.73. The summed E-state index contributed by atoms with van der Waals surface area (Å²) in [4.78, 5) is 14.8. The van der Waals surface area contributed by atoms with Crippen LogP contribution in [0.4, 0.5) is 10.2 Å². The van der Waals surface area contributed by atoms with Crippen molar-refractivity contribution in [1.29, 1.82) is 0 Å². The fraction of sp³-hybridized carbons (Fsp3) is 0.400. The molecule has 2 N–H and O–H groups in total. The lowest BCUT2D eigenvalue weighted by molar-refractivity contribution is 0.0697. The number of carboxylic acids is 1.